The topological polar surface area (TPSA) is 74.3 Å². The highest BCUT2D eigenvalue weighted by molar-refractivity contribution is 9.10. The largest absolute Gasteiger partial charge is 0.372 e. The Bertz CT molecular complexity index is 588. The van der Waals surface area contributed by atoms with E-state index in [1.54, 1.807) is 19.3 Å². The van der Waals surface area contributed by atoms with Crippen LogP contribution in [0.25, 0.3) is 0 Å². The number of hydrogen-bond acceptors (Lipinski definition) is 5. The molecule has 2 heterocycles. The van der Waals surface area contributed by atoms with Crippen molar-refractivity contribution in [2.75, 3.05) is 32.0 Å². The van der Waals surface area contributed by atoms with E-state index >= 15 is 0 Å². The minimum absolute atomic E-state index is 0.160. The molecule has 118 valence electrons. The summed E-state index contributed by atoms with van der Waals surface area (Å²) in [4.78, 5) is 6.55. The number of pyridine rings is 1. The summed E-state index contributed by atoms with van der Waals surface area (Å²) in [5.74, 6) is 0.347. The van der Waals surface area contributed by atoms with Gasteiger partial charge in [-0.2, -0.15) is 0 Å². The Morgan fingerprint density at radius 2 is 2.10 bits per heavy atom. The fraction of sp³-hybridized carbons (Fsp3) is 0.615. The number of likely N-dealkylation sites (tertiary alicyclic amines) is 1. The van der Waals surface area contributed by atoms with Crippen molar-refractivity contribution in [3.8, 4) is 0 Å². The molecule has 1 unspecified atom stereocenters. The Morgan fingerprint density at radius 3 is 2.71 bits per heavy atom. The van der Waals surface area contributed by atoms with Gasteiger partial charge in [0.15, 0.2) is 0 Å². The minimum Gasteiger partial charge on any atom is -0.372 e. The van der Waals surface area contributed by atoms with Crippen molar-refractivity contribution >= 4 is 31.8 Å². The van der Waals surface area contributed by atoms with Gasteiger partial charge in [0.05, 0.1) is 0 Å². The first kappa shape index (κ1) is 16.7. The summed E-state index contributed by atoms with van der Waals surface area (Å²) in [6.07, 6.45) is 3.95. The van der Waals surface area contributed by atoms with Crippen LogP contribution in [0.5, 0.6) is 0 Å². The quantitative estimate of drug-likeness (QED) is 0.789. The maximum Gasteiger partial charge on any atom is 0.244 e. The van der Waals surface area contributed by atoms with E-state index in [1.807, 2.05) is 6.92 Å². The summed E-state index contributed by atoms with van der Waals surface area (Å²) < 4.78 is 28.2. The summed E-state index contributed by atoms with van der Waals surface area (Å²) in [5, 5.41) is 2.81. The molecule has 1 aromatic heterocycles. The van der Waals surface area contributed by atoms with Gasteiger partial charge in [-0.05, 0) is 54.9 Å². The molecule has 21 heavy (non-hydrogen) atoms. The van der Waals surface area contributed by atoms with E-state index in [-0.39, 0.29) is 10.9 Å². The van der Waals surface area contributed by atoms with Gasteiger partial charge in [-0.25, -0.2) is 18.1 Å². The van der Waals surface area contributed by atoms with Crippen LogP contribution in [0.3, 0.4) is 0 Å². The summed E-state index contributed by atoms with van der Waals surface area (Å²) in [7, 11) is -1.93. The second kappa shape index (κ2) is 7.04. The molecule has 0 radical (unpaired) electrons. The fourth-order valence-corrected chi connectivity index (χ4v) is 4.22. The standard InChI is InChI=1S/C13H21BrN4O2S/c1-10(18-5-3-4-6-18)8-17-21(19,20)12-7-11(14)9-16-13(12)15-2/h7,9-10,17H,3-6,8H2,1-2H3,(H,15,16). The summed E-state index contributed by atoms with van der Waals surface area (Å²) in [6, 6.07) is 1.75. The van der Waals surface area contributed by atoms with Crippen LogP contribution < -0.4 is 10.0 Å². The van der Waals surface area contributed by atoms with Crippen molar-refractivity contribution in [1.82, 2.24) is 14.6 Å². The first-order chi connectivity index (χ1) is 9.94. The molecule has 1 aliphatic heterocycles. The lowest BCUT2D eigenvalue weighted by molar-refractivity contribution is 0.260. The Balaban J connectivity index is 2.09. The van der Waals surface area contributed by atoms with Crippen LogP contribution in [0.1, 0.15) is 19.8 Å². The zero-order valence-corrected chi connectivity index (χ0v) is 14.7. The predicted molar refractivity (Wildman–Crippen MR) is 86.9 cm³/mol. The molecule has 0 aromatic carbocycles. The average Bonchev–Trinajstić information content (AvgIpc) is 2.99. The van der Waals surface area contributed by atoms with Gasteiger partial charge in [0.25, 0.3) is 0 Å². The first-order valence-electron chi connectivity index (χ1n) is 7.01. The third kappa shape index (κ3) is 4.15. The number of anilines is 1. The number of sulfonamides is 1. The molecule has 1 fully saturated rings. The molecule has 0 aliphatic carbocycles. The SMILES string of the molecule is CNc1ncc(Br)cc1S(=O)(=O)NCC(C)N1CCCC1. The van der Waals surface area contributed by atoms with Crippen molar-refractivity contribution in [1.29, 1.82) is 0 Å². The normalized spacial score (nSPS) is 17.9. The summed E-state index contributed by atoms with van der Waals surface area (Å²) in [6.45, 7) is 4.54. The minimum atomic E-state index is -3.58. The van der Waals surface area contributed by atoms with Crippen LogP contribution in [-0.2, 0) is 10.0 Å². The molecule has 2 N–H and O–H groups in total. The Hall–Kier alpha value is -0.700. The maximum absolute atomic E-state index is 12.5. The van der Waals surface area contributed by atoms with Crippen molar-refractivity contribution in [2.24, 2.45) is 0 Å². The highest BCUT2D eigenvalue weighted by Crippen LogP contribution is 2.22. The van der Waals surface area contributed by atoms with Crippen molar-refractivity contribution in [3.05, 3.63) is 16.7 Å². The van der Waals surface area contributed by atoms with Crippen LogP contribution in [0.15, 0.2) is 21.6 Å². The molecular formula is C13H21BrN4O2S. The van der Waals surface area contributed by atoms with Crippen LogP contribution in [0, 0.1) is 0 Å². The van der Waals surface area contributed by atoms with E-state index in [0.717, 1.165) is 13.1 Å². The van der Waals surface area contributed by atoms with Gasteiger partial charge < -0.3 is 5.32 Å². The third-order valence-electron chi connectivity index (χ3n) is 3.68. The van der Waals surface area contributed by atoms with Crippen LogP contribution in [0.4, 0.5) is 5.82 Å². The highest BCUT2D eigenvalue weighted by Gasteiger charge is 2.23. The second-order valence-corrected chi connectivity index (χ2v) is 7.85. The van der Waals surface area contributed by atoms with Gasteiger partial charge in [0, 0.05) is 30.3 Å². The van der Waals surface area contributed by atoms with Gasteiger partial charge >= 0.3 is 0 Å². The van der Waals surface area contributed by atoms with Gasteiger partial charge in [0.2, 0.25) is 10.0 Å². The smallest absolute Gasteiger partial charge is 0.244 e. The zero-order chi connectivity index (χ0) is 15.5. The van der Waals surface area contributed by atoms with Gasteiger partial charge in [-0.3, -0.25) is 4.90 Å². The number of aromatic nitrogens is 1. The average molecular weight is 377 g/mol. The number of rotatable bonds is 6. The number of nitrogens with one attached hydrogen (secondary N) is 2. The molecule has 2 rings (SSSR count). The fourth-order valence-electron chi connectivity index (χ4n) is 2.43. The predicted octanol–water partition coefficient (Wildman–Crippen LogP) is 1.65. The zero-order valence-electron chi connectivity index (χ0n) is 12.3. The molecule has 1 atom stereocenters. The van der Waals surface area contributed by atoms with Crippen LogP contribution >= 0.6 is 15.9 Å². The molecule has 0 spiro atoms. The molecule has 1 aliphatic rings. The van der Waals surface area contributed by atoms with Gasteiger partial charge in [-0.1, -0.05) is 0 Å². The molecule has 6 nitrogen and oxygen atoms in total. The summed E-state index contributed by atoms with van der Waals surface area (Å²) in [5.41, 5.74) is 0. The van der Waals surface area contributed by atoms with Crippen molar-refractivity contribution in [2.45, 2.75) is 30.7 Å². The molecule has 8 heteroatoms. The van der Waals surface area contributed by atoms with E-state index in [1.165, 1.54) is 12.8 Å². The van der Waals surface area contributed by atoms with E-state index in [9.17, 15) is 8.42 Å². The molecule has 0 bridgehead atoms. The van der Waals surface area contributed by atoms with Crippen molar-refractivity contribution in [3.63, 3.8) is 0 Å². The molecule has 1 saturated heterocycles. The Morgan fingerprint density at radius 1 is 1.43 bits per heavy atom. The van der Waals surface area contributed by atoms with E-state index < -0.39 is 10.0 Å². The lowest BCUT2D eigenvalue weighted by Crippen LogP contribution is -2.40. The maximum atomic E-state index is 12.5. The van der Waals surface area contributed by atoms with E-state index in [0.29, 0.717) is 16.8 Å². The van der Waals surface area contributed by atoms with Crippen LogP contribution in [0.2, 0.25) is 0 Å². The lowest BCUT2D eigenvalue weighted by Gasteiger charge is -2.24. The second-order valence-electron chi connectivity index (χ2n) is 5.19. The van der Waals surface area contributed by atoms with Gasteiger partial charge in [0.1, 0.15) is 10.7 Å². The number of halogens is 1. The monoisotopic (exact) mass is 376 g/mol. The van der Waals surface area contributed by atoms with Gasteiger partial charge in [-0.15, -0.1) is 0 Å². The summed E-state index contributed by atoms with van der Waals surface area (Å²) >= 11 is 3.26. The molecule has 0 amide bonds. The first-order valence-corrected chi connectivity index (χ1v) is 9.28. The number of nitrogens with zero attached hydrogens (tertiary/aromatic N) is 2. The van der Waals surface area contributed by atoms with E-state index in [4.69, 9.17) is 0 Å². The lowest BCUT2D eigenvalue weighted by atomic mass is 10.3. The number of hydrogen-bond donors (Lipinski definition) is 2. The molecule has 0 saturated carbocycles. The Labute approximate surface area is 134 Å². The Kier molecular flexibility index (Phi) is 5.59. The third-order valence-corrected chi connectivity index (χ3v) is 5.55. The van der Waals surface area contributed by atoms with Crippen LogP contribution in [-0.4, -0.2) is 51.0 Å². The van der Waals surface area contributed by atoms with E-state index in [2.05, 4.69) is 35.9 Å². The molecule has 1 aromatic rings. The van der Waals surface area contributed by atoms with Crippen molar-refractivity contribution < 1.29 is 8.42 Å². The molecular weight excluding hydrogens is 356 g/mol. The highest BCUT2D eigenvalue weighted by atomic mass is 79.9.